The minimum Gasteiger partial charge on any atom is -0.0654 e. The SMILES string of the molecule is CCCCCCCCCC[SiH](CCCCCCCCCC)C(C)CCCCCCC. The fourth-order valence-electron chi connectivity index (χ4n) is 5.10. The van der Waals surface area contributed by atoms with Gasteiger partial charge in [-0.25, -0.2) is 0 Å². The summed E-state index contributed by atoms with van der Waals surface area (Å²) in [5.74, 6) is 0. The maximum atomic E-state index is 2.65. The van der Waals surface area contributed by atoms with E-state index in [0.29, 0.717) is 0 Å². The summed E-state index contributed by atoms with van der Waals surface area (Å²) in [4.78, 5) is 0. The Morgan fingerprint density at radius 2 is 0.700 bits per heavy atom. The van der Waals surface area contributed by atoms with Crippen LogP contribution in [0, 0.1) is 0 Å². The highest BCUT2D eigenvalue weighted by Crippen LogP contribution is 2.28. The van der Waals surface area contributed by atoms with Gasteiger partial charge in [-0.05, 0) is 0 Å². The smallest absolute Gasteiger partial charge is 0.0396 e. The summed E-state index contributed by atoms with van der Waals surface area (Å²) in [5, 5.41) is 0. The van der Waals surface area contributed by atoms with E-state index in [2.05, 4.69) is 27.7 Å². The molecule has 1 unspecified atom stereocenters. The van der Waals surface area contributed by atoms with E-state index in [9.17, 15) is 0 Å². The van der Waals surface area contributed by atoms with Gasteiger partial charge < -0.3 is 0 Å². The molecule has 0 N–H and O–H groups in total. The summed E-state index contributed by atoms with van der Waals surface area (Å²) in [5.41, 5.74) is 1.10. The standard InChI is InChI=1S/C29H62Si/c1-5-8-11-14-16-18-21-24-27-30(29(4)26-23-20-13-10-7-3)28-25-22-19-17-15-12-9-6-2/h29-30H,5-28H2,1-4H3. The number of hydrogen-bond acceptors (Lipinski definition) is 0. The van der Waals surface area contributed by atoms with E-state index in [1.165, 1.54) is 122 Å². The highest BCUT2D eigenvalue weighted by Gasteiger charge is 2.18. The normalized spacial score (nSPS) is 12.7. The van der Waals surface area contributed by atoms with E-state index in [1.54, 1.807) is 31.4 Å². The van der Waals surface area contributed by atoms with Gasteiger partial charge in [-0.1, -0.05) is 187 Å². The zero-order valence-corrected chi connectivity index (χ0v) is 23.3. The van der Waals surface area contributed by atoms with Crippen molar-refractivity contribution in [1.82, 2.24) is 0 Å². The lowest BCUT2D eigenvalue weighted by Crippen LogP contribution is -2.18. The van der Waals surface area contributed by atoms with Crippen LogP contribution < -0.4 is 0 Å². The van der Waals surface area contributed by atoms with E-state index in [4.69, 9.17) is 0 Å². The summed E-state index contributed by atoms with van der Waals surface area (Å²) in [7, 11) is -0.527. The molecule has 1 atom stereocenters. The Labute approximate surface area is 195 Å². The highest BCUT2D eigenvalue weighted by atomic mass is 28.3. The molecule has 30 heavy (non-hydrogen) atoms. The molecule has 0 saturated carbocycles. The molecule has 0 aliphatic rings. The van der Waals surface area contributed by atoms with Crippen LogP contribution in [-0.2, 0) is 0 Å². The predicted molar refractivity (Wildman–Crippen MR) is 145 cm³/mol. The van der Waals surface area contributed by atoms with Gasteiger partial charge >= 0.3 is 0 Å². The van der Waals surface area contributed by atoms with E-state index in [1.807, 2.05) is 0 Å². The molecule has 0 aromatic rings. The lowest BCUT2D eigenvalue weighted by Gasteiger charge is -2.23. The van der Waals surface area contributed by atoms with Gasteiger partial charge in [0, 0.05) is 8.80 Å². The molecule has 0 saturated heterocycles. The first-order chi connectivity index (χ1) is 14.8. The van der Waals surface area contributed by atoms with Gasteiger partial charge in [0.15, 0.2) is 0 Å². The van der Waals surface area contributed by atoms with Crippen LogP contribution in [0.2, 0.25) is 17.6 Å². The Morgan fingerprint density at radius 1 is 0.400 bits per heavy atom. The topological polar surface area (TPSA) is 0 Å². The van der Waals surface area contributed by atoms with Crippen molar-refractivity contribution in [3.63, 3.8) is 0 Å². The first-order valence-electron chi connectivity index (χ1n) is 14.8. The summed E-state index contributed by atoms with van der Waals surface area (Å²) in [6, 6.07) is 3.31. The average molecular weight is 439 g/mol. The Balaban J connectivity index is 3.99. The van der Waals surface area contributed by atoms with E-state index in [-0.39, 0.29) is 0 Å². The fourth-order valence-corrected chi connectivity index (χ4v) is 8.86. The van der Waals surface area contributed by atoms with Crippen molar-refractivity contribution < 1.29 is 0 Å². The maximum Gasteiger partial charge on any atom is 0.0396 e. The molecule has 0 fully saturated rings. The van der Waals surface area contributed by atoms with Crippen LogP contribution in [0.4, 0.5) is 0 Å². The quantitative estimate of drug-likeness (QED) is 0.0981. The van der Waals surface area contributed by atoms with Crippen molar-refractivity contribution in [1.29, 1.82) is 0 Å². The van der Waals surface area contributed by atoms with Crippen LogP contribution in [0.5, 0.6) is 0 Å². The molecule has 182 valence electrons. The molecule has 0 radical (unpaired) electrons. The van der Waals surface area contributed by atoms with E-state index < -0.39 is 8.80 Å². The molecule has 0 rings (SSSR count). The van der Waals surface area contributed by atoms with Crippen molar-refractivity contribution in [3.05, 3.63) is 0 Å². The van der Waals surface area contributed by atoms with Gasteiger partial charge in [0.05, 0.1) is 0 Å². The second-order valence-electron chi connectivity index (χ2n) is 10.5. The molecule has 0 aromatic carbocycles. The molecule has 1 heteroatoms. The lowest BCUT2D eigenvalue weighted by molar-refractivity contribution is 0.574. The zero-order valence-electron chi connectivity index (χ0n) is 22.1. The van der Waals surface area contributed by atoms with Crippen LogP contribution in [0.15, 0.2) is 0 Å². The third-order valence-electron chi connectivity index (χ3n) is 7.42. The Morgan fingerprint density at radius 3 is 1.07 bits per heavy atom. The molecule has 0 amide bonds. The third kappa shape index (κ3) is 21.4. The van der Waals surface area contributed by atoms with Gasteiger partial charge in [-0.2, -0.15) is 0 Å². The van der Waals surface area contributed by atoms with Crippen LogP contribution in [0.25, 0.3) is 0 Å². The lowest BCUT2D eigenvalue weighted by atomic mass is 10.1. The predicted octanol–water partition coefficient (Wildman–Crippen LogP) is 11.2. The number of unbranched alkanes of at least 4 members (excludes halogenated alkanes) is 18. The minimum absolute atomic E-state index is 0.527. The maximum absolute atomic E-state index is 2.65. The molecule has 0 nitrogen and oxygen atoms in total. The second-order valence-corrected chi connectivity index (χ2v) is 14.3. The van der Waals surface area contributed by atoms with Gasteiger partial charge in [0.2, 0.25) is 0 Å². The summed E-state index contributed by atoms with van der Waals surface area (Å²) >= 11 is 0. The molecule has 0 aliphatic carbocycles. The van der Waals surface area contributed by atoms with Crippen molar-refractivity contribution in [3.8, 4) is 0 Å². The number of hydrogen-bond donors (Lipinski definition) is 0. The largest absolute Gasteiger partial charge is 0.0654 e. The molecule has 0 aromatic heterocycles. The van der Waals surface area contributed by atoms with Crippen LogP contribution in [0.1, 0.15) is 169 Å². The van der Waals surface area contributed by atoms with Crippen LogP contribution in [-0.4, -0.2) is 8.80 Å². The van der Waals surface area contributed by atoms with Gasteiger partial charge in [-0.15, -0.1) is 0 Å². The second kappa shape index (κ2) is 25.5. The van der Waals surface area contributed by atoms with Crippen molar-refractivity contribution in [2.75, 3.05) is 0 Å². The molecule has 0 aliphatic heterocycles. The van der Waals surface area contributed by atoms with Gasteiger partial charge in [-0.3, -0.25) is 0 Å². The van der Waals surface area contributed by atoms with Gasteiger partial charge in [0.25, 0.3) is 0 Å². The first kappa shape index (κ1) is 30.2. The van der Waals surface area contributed by atoms with Gasteiger partial charge in [0.1, 0.15) is 0 Å². The molecule has 0 heterocycles. The van der Waals surface area contributed by atoms with Crippen molar-refractivity contribution in [2.24, 2.45) is 0 Å². The van der Waals surface area contributed by atoms with Crippen molar-refractivity contribution >= 4 is 8.80 Å². The minimum atomic E-state index is -0.527. The third-order valence-corrected chi connectivity index (χ3v) is 11.7. The molecular formula is C29H62Si. The summed E-state index contributed by atoms with van der Waals surface area (Å²) < 4.78 is 0. The molecular weight excluding hydrogens is 376 g/mol. The summed E-state index contributed by atoms with van der Waals surface area (Å²) in [6.45, 7) is 9.62. The number of rotatable bonds is 25. The fraction of sp³-hybridized carbons (Fsp3) is 1.00. The van der Waals surface area contributed by atoms with Crippen molar-refractivity contribution in [2.45, 2.75) is 187 Å². The van der Waals surface area contributed by atoms with E-state index in [0.717, 1.165) is 5.54 Å². The van der Waals surface area contributed by atoms with E-state index >= 15 is 0 Å². The Bertz CT molecular complexity index is 281. The Hall–Kier alpha value is 0.217. The molecule has 0 bridgehead atoms. The first-order valence-corrected chi connectivity index (χ1v) is 17.1. The van der Waals surface area contributed by atoms with Crippen LogP contribution >= 0.6 is 0 Å². The monoisotopic (exact) mass is 438 g/mol. The Kier molecular flexibility index (Phi) is 25.7. The molecule has 0 spiro atoms. The average Bonchev–Trinajstić information content (AvgIpc) is 2.75. The zero-order chi connectivity index (χ0) is 22.1. The summed E-state index contributed by atoms with van der Waals surface area (Å²) in [6.07, 6.45) is 32.6. The van der Waals surface area contributed by atoms with Crippen LogP contribution in [0.3, 0.4) is 0 Å². The highest BCUT2D eigenvalue weighted by molar-refractivity contribution is 6.60.